The maximum atomic E-state index is 14.7. The molecule has 0 saturated carbocycles. The van der Waals surface area contributed by atoms with Crippen LogP contribution in [-0.4, -0.2) is 112 Å². The van der Waals surface area contributed by atoms with Gasteiger partial charge in [0.05, 0.1) is 18.0 Å². The van der Waals surface area contributed by atoms with Crippen LogP contribution in [-0.2, 0) is 49.5 Å². The number of Topliss-reactive ketones (excluding diaryl/α,β-unsaturated/α-hetero) is 2. The van der Waals surface area contributed by atoms with Gasteiger partial charge in [-0.3, -0.25) is 33.6 Å². The van der Waals surface area contributed by atoms with E-state index in [1.54, 1.807) is 79.7 Å². The molecule has 2 saturated heterocycles. The van der Waals surface area contributed by atoms with Crippen LogP contribution < -0.4 is 16.0 Å². The number of aliphatic hydroxyl groups is 1. The predicted molar refractivity (Wildman–Crippen MR) is 229 cm³/mol. The van der Waals surface area contributed by atoms with Crippen molar-refractivity contribution < 1.29 is 48.2 Å². The molecule has 61 heavy (non-hydrogen) atoms. The molecule has 0 aromatic heterocycles. The number of hydrogen-bond donors (Lipinski definition) is 4. The number of cyclic esters (lactones) is 1. The van der Waals surface area contributed by atoms with Gasteiger partial charge in [0.15, 0.2) is 11.6 Å². The zero-order chi connectivity index (χ0) is 46.0. The summed E-state index contributed by atoms with van der Waals surface area (Å²) in [5.41, 5.74) is 0.717. The number of hydrogen-bond acceptors (Lipinski definition) is 10. The number of carbonyl (C=O) groups is 8. The van der Waals surface area contributed by atoms with Gasteiger partial charge in [0.1, 0.15) is 30.5 Å². The van der Waals surface area contributed by atoms with Crippen LogP contribution in [0.3, 0.4) is 0 Å². The Morgan fingerprint density at radius 1 is 0.787 bits per heavy atom. The van der Waals surface area contributed by atoms with Crippen LogP contribution in [0.1, 0.15) is 114 Å². The summed E-state index contributed by atoms with van der Waals surface area (Å²) in [6.07, 6.45) is -2.91. The number of carbonyl (C=O) groups excluding carboxylic acids is 8. The number of likely N-dealkylation sites (N-methyl/N-ethyl adjacent to an activating group) is 1. The van der Waals surface area contributed by atoms with Crippen LogP contribution in [0.5, 0.6) is 0 Å². The Hall–Kier alpha value is -4.66. The van der Waals surface area contributed by atoms with Crippen molar-refractivity contribution >= 4 is 47.1 Å². The lowest BCUT2D eigenvalue weighted by molar-refractivity contribution is -0.168. The van der Waals surface area contributed by atoms with E-state index < -0.39 is 126 Å². The Balaban J connectivity index is 2.25. The van der Waals surface area contributed by atoms with Crippen LogP contribution in [0.4, 0.5) is 0 Å². The molecule has 0 spiro atoms. The van der Waals surface area contributed by atoms with Crippen LogP contribution in [0, 0.1) is 41.4 Å². The summed E-state index contributed by atoms with van der Waals surface area (Å²) in [4.78, 5) is 116. The van der Waals surface area contributed by atoms with Gasteiger partial charge < -0.3 is 35.6 Å². The molecule has 2 heterocycles. The summed E-state index contributed by atoms with van der Waals surface area (Å²) < 4.78 is 6.15. The van der Waals surface area contributed by atoms with Crippen LogP contribution in [0.2, 0.25) is 0 Å². The van der Waals surface area contributed by atoms with Crippen LogP contribution >= 0.6 is 0 Å². The molecular weight excluding hydrogens is 783 g/mol. The van der Waals surface area contributed by atoms with E-state index in [4.69, 9.17) is 4.74 Å². The second-order valence-corrected chi connectivity index (χ2v) is 18.7. The third-order valence-electron chi connectivity index (χ3n) is 11.8. The third kappa shape index (κ3) is 13.4. The molecule has 15 nitrogen and oxygen atoms in total. The normalized spacial score (nSPS) is 27.1. The molecule has 340 valence electrons. The van der Waals surface area contributed by atoms with E-state index in [0.29, 0.717) is 5.56 Å². The van der Waals surface area contributed by atoms with Crippen LogP contribution in [0.15, 0.2) is 30.3 Å². The number of benzene rings is 1. The van der Waals surface area contributed by atoms with E-state index in [1.807, 2.05) is 19.9 Å². The van der Waals surface area contributed by atoms with E-state index in [-0.39, 0.29) is 43.9 Å². The largest absolute Gasteiger partial charge is 0.460 e. The quantitative estimate of drug-likeness (QED) is 0.225. The number of nitrogens with one attached hydrogen (secondary N) is 3. The van der Waals surface area contributed by atoms with Gasteiger partial charge in [-0.15, -0.1) is 0 Å². The van der Waals surface area contributed by atoms with Gasteiger partial charge >= 0.3 is 5.97 Å². The molecule has 1 aromatic carbocycles. The number of nitrogens with zero attached hydrogens (tertiary/aromatic N) is 2. The topological polar surface area (TPSA) is 209 Å². The van der Waals surface area contributed by atoms with E-state index in [0.717, 1.165) is 4.90 Å². The standard InChI is InChI=1S/C46H71N5O10/c1-24(2)20-34-45(59)50(12)33(21-30-16-14-13-15-17-30)43(57)49-39(26(5)6)46(60)61-40(27(7)8)32(23-35(52)29(11)47-41(55)28(9)10)42(56)48-38(25(3)4)36(53)22-31-18-19-37(54)51(34)44(31)58/h13-17,24-29,31-34,37-40,54H,18-23H2,1-12H3,(H,47,55)(H,48,56)(H,49,57)/t29-,31+,32-,33-,34-,37+,38-,39-,40+/m0/s1. The SMILES string of the molecule is CC(C)C[C@H]1C(=O)N(C)[C@@H](Cc2ccccc2)C(=O)N[C@@H](C(C)C)C(=O)O[C@H](C(C)C)[C@H](CC(=O)[C@H](C)NC(=O)C(C)C)C(=O)N[C@@H](C(C)C)C(=O)C[C@H]2CC[C@@H](O)N1C2=O. The highest BCUT2D eigenvalue weighted by atomic mass is 16.5. The Kier molecular flexibility index (Phi) is 18.6. The summed E-state index contributed by atoms with van der Waals surface area (Å²) in [7, 11) is 1.46. The minimum atomic E-state index is -1.34. The van der Waals surface area contributed by atoms with Gasteiger partial charge in [-0.25, -0.2) is 4.79 Å². The average molecular weight is 854 g/mol. The highest BCUT2D eigenvalue weighted by Crippen LogP contribution is 2.31. The van der Waals surface area contributed by atoms with Crippen molar-refractivity contribution in [3.8, 4) is 0 Å². The third-order valence-corrected chi connectivity index (χ3v) is 11.8. The number of piperidine rings is 1. The Morgan fingerprint density at radius 2 is 1.38 bits per heavy atom. The Morgan fingerprint density at radius 3 is 1.92 bits per heavy atom. The molecular formula is C46H71N5O10. The molecule has 9 atom stereocenters. The minimum Gasteiger partial charge on any atom is -0.460 e. The monoisotopic (exact) mass is 854 g/mol. The summed E-state index contributed by atoms with van der Waals surface area (Å²) in [5, 5.41) is 19.7. The van der Waals surface area contributed by atoms with Crippen molar-refractivity contribution in [2.45, 2.75) is 157 Å². The molecule has 2 aliphatic heterocycles. The first-order chi connectivity index (χ1) is 28.5. The fourth-order valence-electron chi connectivity index (χ4n) is 8.03. The van der Waals surface area contributed by atoms with Crippen molar-refractivity contribution in [3.63, 3.8) is 0 Å². The first-order valence-electron chi connectivity index (χ1n) is 21.9. The lowest BCUT2D eigenvalue weighted by atomic mass is 9.84. The molecule has 0 radical (unpaired) electrons. The zero-order valence-electron chi connectivity index (χ0n) is 38.2. The summed E-state index contributed by atoms with van der Waals surface area (Å²) >= 11 is 0. The van der Waals surface area contributed by atoms with E-state index in [2.05, 4.69) is 16.0 Å². The molecule has 15 heteroatoms. The first kappa shape index (κ1) is 50.7. The number of aliphatic hydroxyl groups excluding tert-OH is 1. The molecule has 2 aliphatic rings. The lowest BCUT2D eigenvalue weighted by Gasteiger charge is -2.43. The number of esters is 1. The molecule has 2 fully saturated rings. The van der Waals surface area contributed by atoms with Crippen molar-refractivity contribution in [2.24, 2.45) is 41.4 Å². The van der Waals surface area contributed by atoms with Crippen molar-refractivity contribution in [1.29, 1.82) is 0 Å². The number of amides is 5. The highest BCUT2D eigenvalue weighted by molar-refractivity contribution is 5.98. The number of rotatable bonds is 12. The first-order valence-corrected chi connectivity index (χ1v) is 21.9. The van der Waals surface area contributed by atoms with E-state index >= 15 is 0 Å². The number of ketones is 2. The zero-order valence-corrected chi connectivity index (χ0v) is 38.2. The second kappa shape index (κ2) is 22.4. The molecule has 3 rings (SSSR count). The van der Waals surface area contributed by atoms with Crippen molar-refractivity contribution in [1.82, 2.24) is 25.8 Å². The molecule has 2 bridgehead atoms. The van der Waals surface area contributed by atoms with Gasteiger partial charge in [-0.05, 0) is 55.4 Å². The average Bonchev–Trinajstić information content (AvgIpc) is 3.18. The van der Waals surface area contributed by atoms with Crippen molar-refractivity contribution in [2.75, 3.05) is 7.05 Å². The fourth-order valence-corrected chi connectivity index (χ4v) is 8.03. The smallest absolute Gasteiger partial charge is 0.329 e. The second-order valence-electron chi connectivity index (χ2n) is 18.7. The van der Waals surface area contributed by atoms with Crippen molar-refractivity contribution in [3.05, 3.63) is 35.9 Å². The Labute approximate surface area is 361 Å². The lowest BCUT2D eigenvalue weighted by Crippen LogP contribution is -2.61. The van der Waals surface area contributed by atoms with Gasteiger partial charge in [0.2, 0.25) is 29.5 Å². The van der Waals surface area contributed by atoms with E-state index in [1.165, 1.54) is 18.9 Å². The van der Waals surface area contributed by atoms with Gasteiger partial charge in [0.25, 0.3) is 0 Å². The summed E-state index contributed by atoms with van der Waals surface area (Å²) in [6.45, 7) is 18.9. The Bertz CT molecular complexity index is 1730. The molecule has 0 unspecified atom stereocenters. The maximum Gasteiger partial charge on any atom is 0.329 e. The molecule has 4 N–H and O–H groups in total. The minimum absolute atomic E-state index is 0.0396. The van der Waals surface area contributed by atoms with Crippen LogP contribution in [0.25, 0.3) is 0 Å². The molecule has 0 aliphatic carbocycles. The summed E-state index contributed by atoms with van der Waals surface area (Å²) in [6, 6.07) is 3.24. The number of fused-ring (bicyclic) bond motifs is 2. The molecule has 5 amide bonds. The fraction of sp³-hybridized carbons (Fsp3) is 0.696. The maximum absolute atomic E-state index is 14.7. The molecule has 1 aromatic rings. The van der Waals surface area contributed by atoms with Gasteiger partial charge in [0, 0.05) is 38.1 Å². The summed E-state index contributed by atoms with van der Waals surface area (Å²) in [5.74, 6) is -9.18. The highest BCUT2D eigenvalue weighted by Gasteiger charge is 2.46. The van der Waals surface area contributed by atoms with Gasteiger partial charge in [-0.1, -0.05) is 99.6 Å². The predicted octanol–water partition coefficient (Wildman–Crippen LogP) is 3.59. The number of ether oxygens (including phenoxy) is 1. The van der Waals surface area contributed by atoms with E-state index in [9.17, 15) is 43.5 Å². The van der Waals surface area contributed by atoms with Gasteiger partial charge in [-0.2, -0.15) is 0 Å².